The normalized spacial score (nSPS) is 12.0. The molecule has 0 radical (unpaired) electrons. The van der Waals surface area contributed by atoms with Gasteiger partial charge in [-0.1, -0.05) is 84.9 Å². The molecule has 0 aliphatic rings. The zero-order valence-electron chi connectivity index (χ0n) is 32.0. The van der Waals surface area contributed by atoms with Crippen molar-refractivity contribution in [2.75, 3.05) is 9.80 Å². The van der Waals surface area contributed by atoms with Crippen LogP contribution >= 0.6 is 34.0 Å². The van der Waals surface area contributed by atoms with Gasteiger partial charge in [-0.2, -0.15) is 0 Å². The van der Waals surface area contributed by atoms with E-state index in [4.69, 9.17) is 4.42 Å². The minimum absolute atomic E-state index is 0.893. The summed E-state index contributed by atoms with van der Waals surface area (Å²) >= 11 is 5.58. The zero-order valence-corrected chi connectivity index (χ0v) is 34.5. The van der Waals surface area contributed by atoms with Crippen LogP contribution in [0.4, 0.5) is 34.1 Å². The maximum atomic E-state index is 6.22. The number of thiophene rings is 3. The first-order valence-corrected chi connectivity index (χ1v) is 22.5. The van der Waals surface area contributed by atoms with Crippen molar-refractivity contribution < 1.29 is 4.42 Å². The van der Waals surface area contributed by atoms with E-state index >= 15 is 0 Å². The van der Waals surface area contributed by atoms with Crippen molar-refractivity contribution in [1.82, 2.24) is 0 Å². The molecule has 0 saturated carbocycles. The fourth-order valence-corrected chi connectivity index (χ4v) is 12.4. The van der Waals surface area contributed by atoms with E-state index in [1.807, 2.05) is 46.1 Å². The molecular formula is C54H32N2OS3. The maximum absolute atomic E-state index is 6.22. The molecule has 13 rings (SSSR count). The third kappa shape index (κ3) is 5.32. The van der Waals surface area contributed by atoms with Gasteiger partial charge in [0.1, 0.15) is 11.2 Å². The number of para-hydroxylation sites is 2. The number of benzene rings is 9. The van der Waals surface area contributed by atoms with Crippen LogP contribution in [0.2, 0.25) is 0 Å². The number of hydrogen-bond acceptors (Lipinski definition) is 6. The second kappa shape index (κ2) is 13.3. The molecule has 0 aliphatic carbocycles. The van der Waals surface area contributed by atoms with E-state index in [-0.39, 0.29) is 0 Å². The highest BCUT2D eigenvalue weighted by Gasteiger charge is 2.20. The van der Waals surface area contributed by atoms with Gasteiger partial charge in [-0.25, -0.2) is 0 Å². The minimum Gasteiger partial charge on any atom is -0.456 e. The number of hydrogen-bond donors (Lipinski definition) is 0. The van der Waals surface area contributed by atoms with E-state index < -0.39 is 0 Å². The molecule has 282 valence electrons. The Hall–Kier alpha value is -6.96. The first kappa shape index (κ1) is 34.0. The van der Waals surface area contributed by atoms with Crippen LogP contribution in [0.1, 0.15) is 0 Å². The lowest BCUT2D eigenvalue weighted by molar-refractivity contribution is 0.669. The van der Waals surface area contributed by atoms with Crippen molar-refractivity contribution in [2.45, 2.75) is 0 Å². The lowest BCUT2D eigenvalue weighted by Gasteiger charge is -2.26. The van der Waals surface area contributed by atoms with E-state index in [0.717, 1.165) is 56.1 Å². The summed E-state index contributed by atoms with van der Waals surface area (Å²) in [5.41, 5.74) is 8.53. The third-order valence-electron chi connectivity index (χ3n) is 11.8. The lowest BCUT2D eigenvalue weighted by Crippen LogP contribution is -2.09. The number of furan rings is 1. The van der Waals surface area contributed by atoms with E-state index in [9.17, 15) is 0 Å². The predicted octanol–water partition coefficient (Wildman–Crippen LogP) is 17.6. The maximum Gasteiger partial charge on any atom is 0.135 e. The molecule has 0 fully saturated rings. The van der Waals surface area contributed by atoms with Gasteiger partial charge in [0.15, 0.2) is 0 Å². The quantitative estimate of drug-likeness (QED) is 0.167. The molecule has 0 unspecified atom stereocenters. The minimum atomic E-state index is 0.893. The highest BCUT2D eigenvalue weighted by Crippen LogP contribution is 2.47. The van der Waals surface area contributed by atoms with Gasteiger partial charge in [-0.15, -0.1) is 34.0 Å². The molecule has 9 aromatic carbocycles. The largest absolute Gasteiger partial charge is 0.456 e. The van der Waals surface area contributed by atoms with Gasteiger partial charge in [0.2, 0.25) is 0 Å². The standard InChI is InChI=1S/C54H32N2OS3/c1-2-10-33(11-3-1)55(34-20-25-48-44(28-34)39-12-4-7-15-47(39)57-48)35-21-27-52-46(29-35)43-24-19-38(32-54(43)60-52)56(36-22-26-51-45(30-36)41-14-6-9-17-50(41)58-51)37-18-23-42-40-13-5-8-16-49(40)59-53(42)31-37/h1-32H. The monoisotopic (exact) mass is 820 g/mol. The van der Waals surface area contributed by atoms with Crippen LogP contribution in [0.3, 0.4) is 0 Å². The van der Waals surface area contributed by atoms with Gasteiger partial charge in [0.05, 0.1) is 0 Å². The molecule has 0 spiro atoms. The van der Waals surface area contributed by atoms with E-state index in [1.165, 1.54) is 60.5 Å². The number of rotatable bonds is 6. The molecule has 3 nitrogen and oxygen atoms in total. The Balaban J connectivity index is 0.967. The summed E-state index contributed by atoms with van der Waals surface area (Å²) in [4.78, 5) is 4.80. The number of anilines is 6. The molecule has 0 saturated heterocycles. The summed E-state index contributed by atoms with van der Waals surface area (Å²) in [6.07, 6.45) is 0. The van der Waals surface area contributed by atoms with Crippen molar-refractivity contribution in [2.24, 2.45) is 0 Å². The average Bonchev–Trinajstić information content (AvgIpc) is 4.06. The number of nitrogens with zero attached hydrogens (tertiary/aromatic N) is 2. The lowest BCUT2D eigenvalue weighted by atomic mass is 10.1. The second-order valence-corrected chi connectivity index (χ2v) is 18.6. The summed E-state index contributed by atoms with van der Waals surface area (Å²) < 4.78 is 14.0. The molecule has 4 heterocycles. The van der Waals surface area contributed by atoms with Crippen LogP contribution in [0.25, 0.3) is 82.5 Å². The Labute approximate surface area is 356 Å². The molecule has 0 atom stereocenters. The van der Waals surface area contributed by atoms with Crippen LogP contribution in [0.5, 0.6) is 0 Å². The molecule has 60 heavy (non-hydrogen) atoms. The fraction of sp³-hybridized carbons (Fsp3) is 0. The van der Waals surface area contributed by atoms with E-state index in [2.05, 4.69) is 192 Å². The van der Waals surface area contributed by atoms with Crippen LogP contribution in [0.15, 0.2) is 199 Å². The van der Waals surface area contributed by atoms with Crippen molar-refractivity contribution >= 4 is 151 Å². The van der Waals surface area contributed by atoms with Crippen LogP contribution in [0, 0.1) is 0 Å². The van der Waals surface area contributed by atoms with Gasteiger partial charge in [0.25, 0.3) is 0 Å². The summed E-state index contributed by atoms with van der Waals surface area (Å²) in [7, 11) is 0. The molecule has 0 aliphatic heterocycles. The average molecular weight is 821 g/mol. The van der Waals surface area contributed by atoms with Gasteiger partial charge in [-0.05, 0) is 109 Å². The molecule has 0 N–H and O–H groups in total. The molecule has 13 aromatic rings. The Morgan fingerprint density at radius 3 is 1.30 bits per heavy atom. The third-order valence-corrected chi connectivity index (χ3v) is 15.2. The Bertz CT molecular complexity index is 3820. The summed E-state index contributed by atoms with van der Waals surface area (Å²) in [6.45, 7) is 0. The van der Waals surface area contributed by atoms with Crippen molar-refractivity contribution in [1.29, 1.82) is 0 Å². The number of fused-ring (bicyclic) bond motifs is 12. The van der Waals surface area contributed by atoms with Crippen molar-refractivity contribution in [3.63, 3.8) is 0 Å². The van der Waals surface area contributed by atoms with E-state index in [0.29, 0.717) is 0 Å². The molecular weight excluding hydrogens is 789 g/mol. The second-order valence-electron chi connectivity index (χ2n) is 15.3. The Kier molecular flexibility index (Phi) is 7.52. The van der Waals surface area contributed by atoms with Crippen molar-refractivity contribution in [3.8, 4) is 0 Å². The van der Waals surface area contributed by atoms with Crippen LogP contribution < -0.4 is 9.80 Å². The molecule has 0 bridgehead atoms. The fourth-order valence-electron chi connectivity index (χ4n) is 9.06. The summed E-state index contributed by atoms with van der Waals surface area (Å²) in [5.74, 6) is 0. The van der Waals surface area contributed by atoms with Gasteiger partial charge < -0.3 is 14.2 Å². The Morgan fingerprint density at radius 2 is 0.650 bits per heavy atom. The smallest absolute Gasteiger partial charge is 0.135 e. The van der Waals surface area contributed by atoms with E-state index in [1.54, 1.807) is 0 Å². The van der Waals surface area contributed by atoms with Crippen molar-refractivity contribution in [3.05, 3.63) is 194 Å². The van der Waals surface area contributed by atoms with Gasteiger partial charge >= 0.3 is 0 Å². The zero-order chi connectivity index (χ0) is 39.3. The van der Waals surface area contributed by atoms with Gasteiger partial charge in [-0.3, -0.25) is 0 Å². The molecule has 6 heteroatoms. The van der Waals surface area contributed by atoms with Gasteiger partial charge in [0, 0.05) is 105 Å². The predicted molar refractivity (Wildman–Crippen MR) is 262 cm³/mol. The molecule has 0 amide bonds. The molecule has 4 aromatic heterocycles. The summed E-state index contributed by atoms with van der Waals surface area (Å²) in [5, 5.41) is 9.95. The first-order chi connectivity index (χ1) is 29.7. The summed E-state index contributed by atoms with van der Waals surface area (Å²) in [6, 6.07) is 70.8. The highest BCUT2D eigenvalue weighted by atomic mass is 32.1. The first-order valence-electron chi connectivity index (χ1n) is 20.1. The topological polar surface area (TPSA) is 19.6 Å². The Morgan fingerprint density at radius 1 is 0.250 bits per heavy atom. The highest BCUT2D eigenvalue weighted by molar-refractivity contribution is 7.26. The van der Waals surface area contributed by atoms with Crippen LogP contribution in [-0.4, -0.2) is 0 Å². The van der Waals surface area contributed by atoms with Crippen LogP contribution in [-0.2, 0) is 0 Å². The SMILES string of the molecule is c1ccc(N(c2ccc3oc4ccccc4c3c2)c2ccc3sc4cc(N(c5ccc6c(c5)sc5ccccc56)c5ccc6sc7ccccc7c6c5)ccc4c3c2)cc1.